The van der Waals surface area contributed by atoms with Gasteiger partial charge in [0, 0.05) is 0 Å². The highest BCUT2D eigenvalue weighted by Gasteiger charge is 2.31. The molecule has 0 N–H and O–H groups in total. The minimum atomic E-state index is -4.28. The van der Waals surface area contributed by atoms with Crippen LogP contribution in [0.3, 0.4) is 0 Å². The van der Waals surface area contributed by atoms with Crippen molar-refractivity contribution in [1.82, 2.24) is 0 Å². The zero-order valence-electron chi connectivity index (χ0n) is 9.38. The van der Waals surface area contributed by atoms with E-state index in [9.17, 15) is 13.2 Å². The van der Waals surface area contributed by atoms with Gasteiger partial charge in [0.2, 0.25) is 0 Å². The quantitative estimate of drug-likeness (QED) is 0.616. The molecule has 0 aromatic carbocycles. The van der Waals surface area contributed by atoms with Crippen molar-refractivity contribution in [1.29, 1.82) is 0 Å². The molecule has 1 aliphatic rings. The van der Waals surface area contributed by atoms with E-state index in [1.165, 1.54) is 12.2 Å². The SMILES string of the molecule is CCC1C=CC(C(F)(F)F)=CC=CC=C1C. The molecule has 1 rings (SSSR count). The van der Waals surface area contributed by atoms with Gasteiger partial charge in [-0.3, -0.25) is 0 Å². The van der Waals surface area contributed by atoms with E-state index in [4.69, 9.17) is 0 Å². The van der Waals surface area contributed by atoms with Crippen molar-refractivity contribution in [2.45, 2.75) is 26.4 Å². The third-order valence-corrected chi connectivity index (χ3v) is 2.61. The van der Waals surface area contributed by atoms with E-state index in [-0.39, 0.29) is 5.92 Å². The molecule has 88 valence electrons. The maximum Gasteiger partial charge on any atom is 0.416 e. The highest BCUT2D eigenvalue weighted by Crippen LogP contribution is 2.28. The lowest BCUT2D eigenvalue weighted by atomic mass is 9.96. The van der Waals surface area contributed by atoms with Crippen molar-refractivity contribution < 1.29 is 13.2 Å². The average molecular weight is 228 g/mol. The van der Waals surface area contributed by atoms with Gasteiger partial charge in [0.1, 0.15) is 0 Å². The summed E-state index contributed by atoms with van der Waals surface area (Å²) >= 11 is 0. The van der Waals surface area contributed by atoms with Crippen molar-refractivity contribution >= 4 is 0 Å². The molecule has 0 saturated carbocycles. The van der Waals surface area contributed by atoms with Crippen LogP contribution in [0.15, 0.2) is 47.6 Å². The van der Waals surface area contributed by atoms with E-state index < -0.39 is 11.7 Å². The molecule has 0 aliphatic heterocycles. The molecule has 3 heteroatoms. The highest BCUT2D eigenvalue weighted by atomic mass is 19.4. The van der Waals surface area contributed by atoms with E-state index in [0.717, 1.165) is 18.1 Å². The van der Waals surface area contributed by atoms with Crippen LogP contribution in [-0.4, -0.2) is 6.18 Å². The maximum atomic E-state index is 12.5. The molecule has 16 heavy (non-hydrogen) atoms. The van der Waals surface area contributed by atoms with Gasteiger partial charge in [-0.15, -0.1) is 0 Å². The predicted octanol–water partition coefficient (Wildman–Crippen LogP) is 4.57. The van der Waals surface area contributed by atoms with Gasteiger partial charge in [0.05, 0.1) is 5.57 Å². The summed E-state index contributed by atoms with van der Waals surface area (Å²) in [6, 6.07) is 0. The zero-order chi connectivity index (χ0) is 12.2. The summed E-state index contributed by atoms with van der Waals surface area (Å²) in [6.45, 7) is 3.90. The predicted molar refractivity (Wildman–Crippen MR) is 60.0 cm³/mol. The van der Waals surface area contributed by atoms with Crippen LogP contribution < -0.4 is 0 Å². The van der Waals surface area contributed by atoms with Crippen LogP contribution in [0.25, 0.3) is 0 Å². The number of halogens is 3. The van der Waals surface area contributed by atoms with E-state index in [1.54, 1.807) is 12.2 Å². The lowest BCUT2D eigenvalue weighted by Crippen LogP contribution is -2.10. The fourth-order valence-electron chi connectivity index (χ4n) is 1.56. The molecule has 0 radical (unpaired) electrons. The Bertz CT molecular complexity index is 354. The summed E-state index contributed by atoms with van der Waals surface area (Å²) in [5.74, 6) is 0.0773. The first kappa shape index (κ1) is 12.8. The first-order valence-electron chi connectivity index (χ1n) is 5.25. The number of rotatable bonds is 1. The Labute approximate surface area is 93.9 Å². The Balaban J connectivity index is 3.04. The van der Waals surface area contributed by atoms with Gasteiger partial charge in [-0.1, -0.05) is 49.0 Å². The molecule has 0 aromatic rings. The van der Waals surface area contributed by atoms with Crippen LogP contribution >= 0.6 is 0 Å². The molecule has 0 amide bonds. The lowest BCUT2D eigenvalue weighted by Gasteiger charge is -2.11. The minimum Gasteiger partial charge on any atom is -0.166 e. The summed E-state index contributed by atoms with van der Waals surface area (Å²) in [4.78, 5) is 0. The lowest BCUT2D eigenvalue weighted by molar-refractivity contribution is -0.0882. The second-order valence-corrected chi connectivity index (χ2v) is 3.79. The standard InChI is InChI=1S/C13H15F3/c1-3-11-8-9-12(13(14,15)16)7-5-4-6-10(11)2/h4-9,11H,3H2,1-2H3. The van der Waals surface area contributed by atoms with Gasteiger partial charge < -0.3 is 0 Å². The minimum absolute atomic E-state index is 0.0773. The van der Waals surface area contributed by atoms with Gasteiger partial charge in [0.25, 0.3) is 0 Å². The van der Waals surface area contributed by atoms with Crippen LogP contribution in [0.4, 0.5) is 13.2 Å². The Kier molecular flexibility index (Phi) is 4.16. The Morgan fingerprint density at radius 1 is 1.19 bits per heavy atom. The molecule has 1 atom stereocenters. The molecule has 0 nitrogen and oxygen atoms in total. The van der Waals surface area contributed by atoms with E-state index in [1.807, 2.05) is 19.9 Å². The van der Waals surface area contributed by atoms with Crippen molar-refractivity contribution in [3.8, 4) is 0 Å². The van der Waals surface area contributed by atoms with Crippen LogP contribution in [-0.2, 0) is 0 Å². The molecular weight excluding hydrogens is 213 g/mol. The Morgan fingerprint density at radius 2 is 1.81 bits per heavy atom. The second kappa shape index (κ2) is 5.19. The van der Waals surface area contributed by atoms with Crippen LogP contribution in [0.2, 0.25) is 0 Å². The van der Waals surface area contributed by atoms with Gasteiger partial charge >= 0.3 is 6.18 Å². The second-order valence-electron chi connectivity index (χ2n) is 3.79. The van der Waals surface area contributed by atoms with Gasteiger partial charge in [-0.25, -0.2) is 0 Å². The van der Waals surface area contributed by atoms with Gasteiger partial charge in [0.15, 0.2) is 0 Å². The normalized spacial score (nSPS) is 21.9. The first-order valence-corrected chi connectivity index (χ1v) is 5.25. The molecular formula is C13H15F3. The number of hydrogen-bond donors (Lipinski definition) is 0. The summed E-state index contributed by atoms with van der Waals surface area (Å²) in [5, 5.41) is 0. The summed E-state index contributed by atoms with van der Waals surface area (Å²) < 4.78 is 37.6. The molecule has 0 saturated heterocycles. The van der Waals surface area contributed by atoms with Crippen molar-refractivity contribution in [2.24, 2.45) is 5.92 Å². The largest absolute Gasteiger partial charge is 0.416 e. The molecule has 0 bridgehead atoms. The van der Waals surface area contributed by atoms with Gasteiger partial charge in [-0.2, -0.15) is 13.2 Å². The zero-order valence-corrected chi connectivity index (χ0v) is 9.38. The Hall–Kier alpha value is -1.25. The number of hydrogen-bond acceptors (Lipinski definition) is 0. The Morgan fingerprint density at radius 3 is 2.38 bits per heavy atom. The summed E-state index contributed by atoms with van der Waals surface area (Å²) in [7, 11) is 0. The van der Waals surface area contributed by atoms with E-state index in [2.05, 4.69) is 0 Å². The van der Waals surface area contributed by atoms with Crippen molar-refractivity contribution in [2.75, 3.05) is 0 Å². The van der Waals surface area contributed by atoms with Crippen LogP contribution in [0.5, 0.6) is 0 Å². The monoisotopic (exact) mass is 228 g/mol. The molecule has 0 aromatic heterocycles. The first-order chi connectivity index (χ1) is 7.45. The van der Waals surface area contributed by atoms with Gasteiger partial charge in [-0.05, 0) is 19.3 Å². The third kappa shape index (κ3) is 3.40. The highest BCUT2D eigenvalue weighted by molar-refractivity contribution is 5.33. The molecule has 0 fully saturated rings. The van der Waals surface area contributed by atoms with Crippen LogP contribution in [0.1, 0.15) is 20.3 Å². The fourth-order valence-corrected chi connectivity index (χ4v) is 1.56. The smallest absolute Gasteiger partial charge is 0.166 e. The summed E-state index contributed by atoms with van der Waals surface area (Å²) in [5.41, 5.74) is 0.470. The third-order valence-electron chi connectivity index (χ3n) is 2.61. The molecule has 1 aliphatic carbocycles. The topological polar surface area (TPSA) is 0 Å². The average Bonchev–Trinajstić information content (AvgIpc) is 2.27. The van der Waals surface area contributed by atoms with E-state index >= 15 is 0 Å². The molecule has 0 spiro atoms. The van der Waals surface area contributed by atoms with Crippen molar-refractivity contribution in [3.05, 3.63) is 47.6 Å². The summed E-state index contributed by atoms with van der Waals surface area (Å²) in [6.07, 6.45) is 5.34. The van der Waals surface area contributed by atoms with Crippen molar-refractivity contribution in [3.63, 3.8) is 0 Å². The molecule has 1 unspecified atom stereocenters. The number of alkyl halides is 3. The fraction of sp³-hybridized carbons (Fsp3) is 0.385. The molecule has 0 heterocycles. The van der Waals surface area contributed by atoms with E-state index in [0.29, 0.717) is 0 Å². The van der Waals surface area contributed by atoms with Crippen LogP contribution in [0, 0.1) is 5.92 Å². The number of allylic oxidation sites excluding steroid dienone is 8. The maximum absolute atomic E-state index is 12.5.